The number of carbonyl (C=O) groups is 8. The Bertz CT molecular complexity index is 1700. The maximum Gasteiger partial charge on any atom is 0.309 e. The Balaban J connectivity index is 5.69. The first-order valence-electron chi connectivity index (χ1n) is 40.1. The Hall–Kier alpha value is -4.36. The number of carbonyl (C=O) groups excluding carboxylic acids is 8. The number of unbranched alkanes of at least 4 members (excludes halogenated alkanes) is 24. The van der Waals surface area contributed by atoms with Crippen LogP contribution in [-0.4, -0.2) is 173 Å². The van der Waals surface area contributed by atoms with E-state index in [0.29, 0.717) is 65.2 Å². The number of ether oxygens (including phenoxy) is 8. The molecule has 0 amide bonds. The molecule has 0 fully saturated rings. The lowest BCUT2D eigenvalue weighted by Crippen LogP contribution is -2.34. The van der Waals surface area contributed by atoms with Gasteiger partial charge in [-0.05, 0) is 123 Å². The Morgan fingerprint density at radius 2 is 0.439 bits per heavy atom. The van der Waals surface area contributed by atoms with Crippen molar-refractivity contribution in [1.82, 2.24) is 14.7 Å². The second-order valence-corrected chi connectivity index (χ2v) is 27.3. The summed E-state index contributed by atoms with van der Waals surface area (Å²) < 4.78 is 44.9. The van der Waals surface area contributed by atoms with E-state index in [1.54, 1.807) is 0 Å². The second-order valence-electron chi connectivity index (χ2n) is 27.3. The van der Waals surface area contributed by atoms with Gasteiger partial charge in [0.15, 0.2) is 0 Å². The summed E-state index contributed by atoms with van der Waals surface area (Å²) in [6.07, 6.45) is 40.3. The number of hydrogen-bond donors (Lipinski definition) is 0. The molecule has 0 aromatic carbocycles. The van der Waals surface area contributed by atoms with E-state index >= 15 is 0 Å². The molecular weight excluding hydrogens is 1250 g/mol. The van der Waals surface area contributed by atoms with Crippen LogP contribution in [0.1, 0.15) is 351 Å². The lowest BCUT2D eigenvalue weighted by Gasteiger charge is -2.25. The average Bonchev–Trinajstić information content (AvgIpc) is 3.18. The first kappa shape index (κ1) is 93.6. The van der Waals surface area contributed by atoms with Crippen molar-refractivity contribution in [2.24, 2.45) is 0 Å². The molecule has 19 heteroatoms. The number of hydrogen-bond acceptors (Lipinski definition) is 19. The van der Waals surface area contributed by atoms with Gasteiger partial charge >= 0.3 is 47.8 Å². The van der Waals surface area contributed by atoms with Crippen molar-refractivity contribution in [2.45, 2.75) is 375 Å². The molecule has 98 heavy (non-hydrogen) atoms. The molecule has 0 aromatic heterocycles. The van der Waals surface area contributed by atoms with Gasteiger partial charge in [-0.25, -0.2) is 0 Å². The molecule has 0 aliphatic heterocycles. The fourth-order valence-electron chi connectivity index (χ4n) is 11.9. The van der Waals surface area contributed by atoms with Crippen molar-refractivity contribution < 1.29 is 76.3 Å². The van der Waals surface area contributed by atoms with Gasteiger partial charge in [0.1, 0.15) is 50.8 Å². The van der Waals surface area contributed by atoms with Crippen molar-refractivity contribution in [2.75, 3.05) is 85.8 Å². The lowest BCUT2D eigenvalue weighted by atomic mass is 10.1. The maximum absolute atomic E-state index is 13.1. The van der Waals surface area contributed by atoms with Crippen LogP contribution in [0.4, 0.5) is 0 Å². The quantitative estimate of drug-likeness (QED) is 0.0314. The molecule has 0 N–H and O–H groups in total. The maximum atomic E-state index is 13.1. The van der Waals surface area contributed by atoms with Gasteiger partial charge in [-0.3, -0.25) is 38.4 Å². The van der Waals surface area contributed by atoms with Crippen molar-refractivity contribution >= 4 is 47.8 Å². The third-order valence-electron chi connectivity index (χ3n) is 18.4. The molecule has 0 aliphatic carbocycles. The van der Waals surface area contributed by atoms with E-state index in [2.05, 4.69) is 32.6 Å². The molecule has 0 rings (SSSR count). The zero-order valence-corrected chi connectivity index (χ0v) is 64.2. The molecule has 4 atom stereocenters. The minimum atomic E-state index is -0.455. The summed E-state index contributed by atoms with van der Waals surface area (Å²) in [6.45, 7) is 20.3. The molecule has 0 heterocycles. The fourth-order valence-corrected chi connectivity index (χ4v) is 11.9. The summed E-state index contributed by atoms with van der Waals surface area (Å²) in [7, 11) is 2.01. The number of nitrogens with zero attached hydrogens (tertiary/aromatic N) is 3. The normalized spacial score (nSPS) is 12.7. The molecular formula is C79H147N3O16. The van der Waals surface area contributed by atoms with Crippen LogP contribution in [0.3, 0.4) is 0 Å². The molecule has 0 aromatic rings. The van der Waals surface area contributed by atoms with Crippen molar-refractivity contribution in [3.05, 3.63) is 0 Å². The van der Waals surface area contributed by atoms with E-state index in [1.165, 1.54) is 128 Å². The molecule has 574 valence electrons. The zero-order valence-electron chi connectivity index (χ0n) is 64.2. The first-order valence-corrected chi connectivity index (χ1v) is 40.1. The summed E-state index contributed by atoms with van der Waals surface area (Å²) >= 11 is 0. The third kappa shape index (κ3) is 60.4. The highest BCUT2D eigenvalue weighted by atomic mass is 16.6. The van der Waals surface area contributed by atoms with Crippen LogP contribution < -0.4 is 0 Å². The largest absolute Gasteiger partial charge is 0.465 e. The Kier molecular flexibility index (Phi) is 65.4. The van der Waals surface area contributed by atoms with Crippen LogP contribution in [0.15, 0.2) is 0 Å². The number of esters is 8. The predicted molar refractivity (Wildman–Crippen MR) is 392 cm³/mol. The topological polar surface area (TPSA) is 220 Å². The van der Waals surface area contributed by atoms with Crippen molar-refractivity contribution in [3.63, 3.8) is 0 Å². The summed E-state index contributed by atoms with van der Waals surface area (Å²) in [6, 6.07) is 0. The van der Waals surface area contributed by atoms with E-state index < -0.39 is 23.9 Å². The third-order valence-corrected chi connectivity index (χ3v) is 18.4. The summed E-state index contributed by atoms with van der Waals surface area (Å²) in [4.78, 5) is 110. The van der Waals surface area contributed by atoms with Gasteiger partial charge in [-0.15, -0.1) is 0 Å². The predicted octanol–water partition coefficient (Wildman–Crippen LogP) is 17.4. The Morgan fingerprint density at radius 3 is 0.643 bits per heavy atom. The highest BCUT2D eigenvalue weighted by Crippen LogP contribution is 2.19. The van der Waals surface area contributed by atoms with Crippen molar-refractivity contribution in [3.8, 4) is 0 Å². The minimum Gasteiger partial charge on any atom is -0.465 e. The van der Waals surface area contributed by atoms with E-state index in [4.69, 9.17) is 37.9 Å². The minimum absolute atomic E-state index is 0.0271. The van der Waals surface area contributed by atoms with Gasteiger partial charge in [0.05, 0.1) is 51.4 Å². The molecule has 0 saturated carbocycles. The molecule has 0 bridgehead atoms. The van der Waals surface area contributed by atoms with Gasteiger partial charge < -0.3 is 52.6 Å². The van der Waals surface area contributed by atoms with E-state index in [9.17, 15) is 38.4 Å². The summed E-state index contributed by atoms with van der Waals surface area (Å²) in [5, 5.41) is 0. The van der Waals surface area contributed by atoms with Gasteiger partial charge in [-0.1, -0.05) is 209 Å². The standard InChI is InChI=1S/C79H147N3O16/c1-10-18-22-26-30-34-38-44-68(14-5)95-76(87)52-64-91-72(83)48-60-81(61-49-73(84)92-65-53-77(88)96-69(15-6)45-39-35-31-27-23-19-11-2)58-42-56-80(9)57-43-59-82(62-50-74(85)93-66-54-78(89)97-70(16-7)46-40-36-32-28-24-20-12-3)63-51-75(86)94-67-55-79(90)98-71(17-8)47-41-37-33-29-25-21-13-4/h68-71H,10-67H2,1-9H3. The van der Waals surface area contributed by atoms with Gasteiger partial charge in [0, 0.05) is 26.2 Å². The lowest BCUT2D eigenvalue weighted by molar-refractivity contribution is -0.155. The van der Waals surface area contributed by atoms with Crippen LogP contribution in [0.25, 0.3) is 0 Å². The van der Waals surface area contributed by atoms with E-state index in [0.717, 1.165) is 103 Å². The molecule has 0 spiro atoms. The molecule has 4 unspecified atom stereocenters. The van der Waals surface area contributed by atoms with Gasteiger partial charge in [0.25, 0.3) is 0 Å². The zero-order chi connectivity index (χ0) is 72.3. The van der Waals surface area contributed by atoms with E-state index in [1.807, 2.05) is 44.5 Å². The van der Waals surface area contributed by atoms with E-state index in [-0.39, 0.29) is 126 Å². The van der Waals surface area contributed by atoms with Crippen LogP contribution in [0, 0.1) is 0 Å². The molecule has 0 aliphatic rings. The van der Waals surface area contributed by atoms with Gasteiger partial charge in [-0.2, -0.15) is 0 Å². The number of rotatable bonds is 72. The van der Waals surface area contributed by atoms with Crippen LogP contribution >= 0.6 is 0 Å². The van der Waals surface area contributed by atoms with Gasteiger partial charge in [0.2, 0.25) is 0 Å². The van der Waals surface area contributed by atoms with Crippen molar-refractivity contribution in [1.29, 1.82) is 0 Å². The summed E-state index contributed by atoms with van der Waals surface area (Å²) in [5.74, 6) is -3.34. The molecule has 19 nitrogen and oxygen atoms in total. The molecule has 0 saturated heterocycles. The fraction of sp³-hybridized carbons (Fsp3) is 0.899. The van der Waals surface area contributed by atoms with Crippen LogP contribution in [-0.2, 0) is 76.3 Å². The smallest absolute Gasteiger partial charge is 0.309 e. The molecule has 0 radical (unpaired) electrons. The second kappa shape index (κ2) is 68.4. The Morgan fingerprint density at radius 1 is 0.235 bits per heavy atom. The first-order chi connectivity index (χ1) is 47.5. The van der Waals surface area contributed by atoms with Crippen LogP contribution in [0.5, 0.6) is 0 Å². The van der Waals surface area contributed by atoms with Crippen LogP contribution in [0.2, 0.25) is 0 Å². The summed E-state index contributed by atoms with van der Waals surface area (Å²) in [5.41, 5.74) is 0. The Labute approximate surface area is 597 Å². The SMILES string of the molecule is CCCCCCCCCC(CC)OC(=O)CCOC(=O)CCN(CCCN(C)CCCN(CCC(=O)OCCC(=O)OC(CC)CCCCCCCCC)CCC(=O)OCCC(=O)OC(CC)CCCCCCCCC)CCC(=O)OCCC(=O)OC(CC)CCCCCCCCC. The highest BCUT2D eigenvalue weighted by Gasteiger charge is 2.21. The average molecular weight is 1400 g/mol. The highest BCUT2D eigenvalue weighted by molar-refractivity contribution is 5.74. The monoisotopic (exact) mass is 1390 g/mol.